The van der Waals surface area contributed by atoms with Crippen LogP contribution in [-0.2, 0) is 6.42 Å². The van der Waals surface area contributed by atoms with Gasteiger partial charge in [-0.15, -0.1) is 21.5 Å². The summed E-state index contributed by atoms with van der Waals surface area (Å²) in [6, 6.07) is 0. The highest BCUT2D eigenvalue weighted by atomic mass is 32.1. The number of nitrogens with one attached hydrogen (secondary N) is 1. The molecule has 0 aliphatic heterocycles. The Hall–Kier alpha value is -1.34. The standard InChI is InChI=1S/C13H16N4OS2/c1-8-11(19-7-14-8)12(18)15-13-17-16-10(20-13)6-9-4-2-3-5-9/h7,9H,2-6H2,1H3,(H,15,17,18). The van der Waals surface area contributed by atoms with Crippen molar-refractivity contribution in [1.29, 1.82) is 0 Å². The summed E-state index contributed by atoms with van der Waals surface area (Å²) >= 11 is 2.82. The van der Waals surface area contributed by atoms with E-state index in [9.17, 15) is 4.79 Å². The molecule has 0 unspecified atom stereocenters. The van der Waals surface area contributed by atoms with Crippen LogP contribution < -0.4 is 5.32 Å². The summed E-state index contributed by atoms with van der Waals surface area (Å²) < 4.78 is 0. The lowest BCUT2D eigenvalue weighted by Gasteiger charge is -2.03. The minimum Gasteiger partial charge on any atom is -0.296 e. The molecule has 1 fully saturated rings. The molecule has 106 valence electrons. The van der Waals surface area contributed by atoms with Crippen molar-refractivity contribution < 1.29 is 4.79 Å². The number of hydrogen-bond donors (Lipinski definition) is 1. The van der Waals surface area contributed by atoms with Gasteiger partial charge in [-0.05, 0) is 12.8 Å². The Labute approximate surface area is 125 Å². The number of amides is 1. The van der Waals surface area contributed by atoms with Crippen LogP contribution in [0, 0.1) is 12.8 Å². The maximum absolute atomic E-state index is 12.0. The summed E-state index contributed by atoms with van der Waals surface area (Å²) in [7, 11) is 0. The lowest BCUT2D eigenvalue weighted by molar-refractivity contribution is 0.102. The van der Waals surface area contributed by atoms with Gasteiger partial charge in [-0.25, -0.2) is 4.98 Å². The monoisotopic (exact) mass is 308 g/mol. The molecule has 0 saturated heterocycles. The first-order chi connectivity index (χ1) is 9.72. The molecule has 7 heteroatoms. The number of carbonyl (C=O) groups is 1. The van der Waals surface area contributed by atoms with Gasteiger partial charge in [0.2, 0.25) is 5.13 Å². The first kappa shape index (κ1) is 13.6. The maximum atomic E-state index is 12.0. The van der Waals surface area contributed by atoms with Gasteiger partial charge in [0, 0.05) is 6.42 Å². The van der Waals surface area contributed by atoms with Gasteiger partial charge < -0.3 is 0 Å². The highest BCUT2D eigenvalue weighted by Gasteiger charge is 2.19. The third-order valence-electron chi connectivity index (χ3n) is 3.58. The molecule has 0 aromatic carbocycles. The second-order valence-electron chi connectivity index (χ2n) is 5.08. The number of anilines is 1. The number of nitrogens with zero attached hydrogens (tertiary/aromatic N) is 3. The Balaban J connectivity index is 1.62. The molecule has 0 radical (unpaired) electrons. The summed E-state index contributed by atoms with van der Waals surface area (Å²) in [6.07, 6.45) is 6.24. The first-order valence-corrected chi connectivity index (χ1v) is 8.46. The SMILES string of the molecule is Cc1ncsc1C(=O)Nc1nnc(CC2CCCC2)s1. The minimum atomic E-state index is -0.145. The molecule has 1 saturated carbocycles. The average molecular weight is 308 g/mol. The minimum absolute atomic E-state index is 0.145. The van der Waals surface area contributed by atoms with Crippen LogP contribution in [0.3, 0.4) is 0 Å². The Morgan fingerprint density at radius 1 is 1.40 bits per heavy atom. The zero-order valence-corrected chi connectivity index (χ0v) is 12.9. The Bertz CT molecular complexity index is 601. The van der Waals surface area contributed by atoms with Crippen LogP contribution >= 0.6 is 22.7 Å². The van der Waals surface area contributed by atoms with Gasteiger partial charge in [0.1, 0.15) is 9.88 Å². The lowest BCUT2D eigenvalue weighted by Crippen LogP contribution is -2.11. The molecule has 1 N–H and O–H groups in total. The smallest absolute Gasteiger partial charge is 0.269 e. The molecule has 5 nitrogen and oxygen atoms in total. The molecule has 0 bridgehead atoms. The van der Waals surface area contributed by atoms with Crippen molar-refractivity contribution in [1.82, 2.24) is 15.2 Å². The fourth-order valence-electron chi connectivity index (χ4n) is 2.52. The van der Waals surface area contributed by atoms with Crippen molar-refractivity contribution in [3.63, 3.8) is 0 Å². The second kappa shape index (κ2) is 5.97. The maximum Gasteiger partial charge on any atom is 0.269 e. The predicted octanol–water partition coefficient (Wildman–Crippen LogP) is 3.29. The van der Waals surface area contributed by atoms with E-state index in [2.05, 4.69) is 20.5 Å². The van der Waals surface area contributed by atoms with E-state index < -0.39 is 0 Å². The van der Waals surface area contributed by atoms with E-state index in [4.69, 9.17) is 0 Å². The summed E-state index contributed by atoms with van der Waals surface area (Å²) in [5.41, 5.74) is 2.43. The highest BCUT2D eigenvalue weighted by Crippen LogP contribution is 2.29. The van der Waals surface area contributed by atoms with E-state index in [1.54, 1.807) is 5.51 Å². The van der Waals surface area contributed by atoms with Crippen molar-refractivity contribution >= 4 is 33.7 Å². The Morgan fingerprint density at radius 2 is 2.20 bits per heavy atom. The van der Waals surface area contributed by atoms with Crippen LogP contribution in [0.4, 0.5) is 5.13 Å². The Morgan fingerprint density at radius 3 is 2.90 bits per heavy atom. The third-order valence-corrected chi connectivity index (χ3v) is 5.37. The Kier molecular flexibility index (Phi) is 4.07. The third kappa shape index (κ3) is 3.04. The van der Waals surface area contributed by atoms with Crippen molar-refractivity contribution in [3.8, 4) is 0 Å². The molecule has 1 aliphatic carbocycles. The van der Waals surface area contributed by atoms with Crippen LogP contribution in [0.5, 0.6) is 0 Å². The normalized spacial score (nSPS) is 15.7. The van der Waals surface area contributed by atoms with Gasteiger partial charge >= 0.3 is 0 Å². The molecule has 2 aromatic heterocycles. The van der Waals surface area contributed by atoms with Crippen LogP contribution in [0.15, 0.2) is 5.51 Å². The van der Waals surface area contributed by atoms with Gasteiger partial charge in [-0.3, -0.25) is 10.1 Å². The van der Waals surface area contributed by atoms with Crippen LogP contribution in [0.1, 0.15) is 46.1 Å². The summed E-state index contributed by atoms with van der Waals surface area (Å²) in [6.45, 7) is 1.83. The number of thiazole rings is 1. The van der Waals surface area contributed by atoms with E-state index in [-0.39, 0.29) is 5.91 Å². The van der Waals surface area contributed by atoms with Gasteiger partial charge in [0.05, 0.1) is 11.2 Å². The van der Waals surface area contributed by atoms with E-state index >= 15 is 0 Å². The van der Waals surface area contributed by atoms with E-state index in [0.29, 0.717) is 10.0 Å². The summed E-state index contributed by atoms with van der Waals surface area (Å²) in [5.74, 6) is 0.601. The molecule has 20 heavy (non-hydrogen) atoms. The number of carbonyl (C=O) groups excluding carboxylic acids is 1. The quantitative estimate of drug-likeness (QED) is 0.941. The van der Waals surface area contributed by atoms with Gasteiger partial charge in [-0.1, -0.05) is 37.0 Å². The van der Waals surface area contributed by atoms with Crippen molar-refractivity contribution in [2.24, 2.45) is 5.92 Å². The van der Waals surface area contributed by atoms with Crippen molar-refractivity contribution in [2.75, 3.05) is 5.32 Å². The van der Waals surface area contributed by atoms with Crippen molar-refractivity contribution in [3.05, 3.63) is 21.1 Å². The summed E-state index contributed by atoms with van der Waals surface area (Å²) in [4.78, 5) is 16.8. The molecule has 0 atom stereocenters. The molecule has 2 heterocycles. The van der Waals surface area contributed by atoms with Crippen LogP contribution in [0.25, 0.3) is 0 Å². The number of aromatic nitrogens is 3. The lowest BCUT2D eigenvalue weighted by atomic mass is 10.1. The average Bonchev–Trinajstić information content (AvgIpc) is 3.12. The predicted molar refractivity (Wildman–Crippen MR) is 80.4 cm³/mol. The molecule has 2 aromatic rings. The number of hydrogen-bond acceptors (Lipinski definition) is 6. The van der Waals surface area contributed by atoms with Crippen molar-refractivity contribution in [2.45, 2.75) is 39.0 Å². The van der Waals surface area contributed by atoms with Gasteiger partial charge in [-0.2, -0.15) is 0 Å². The number of aryl methyl sites for hydroxylation is 1. The molecular weight excluding hydrogens is 292 g/mol. The van der Waals surface area contributed by atoms with Gasteiger partial charge in [0.25, 0.3) is 5.91 Å². The van der Waals surface area contributed by atoms with Gasteiger partial charge in [0.15, 0.2) is 0 Å². The molecule has 3 rings (SSSR count). The first-order valence-electron chi connectivity index (χ1n) is 6.76. The molecular formula is C13H16N4OS2. The molecule has 0 spiro atoms. The highest BCUT2D eigenvalue weighted by molar-refractivity contribution is 7.15. The zero-order chi connectivity index (χ0) is 13.9. The summed E-state index contributed by atoms with van der Waals surface area (Å²) in [5, 5.41) is 12.6. The second-order valence-corrected chi connectivity index (χ2v) is 6.99. The molecule has 1 amide bonds. The number of rotatable bonds is 4. The van der Waals surface area contributed by atoms with Crippen LogP contribution in [0.2, 0.25) is 0 Å². The fraction of sp³-hybridized carbons (Fsp3) is 0.538. The van der Waals surface area contributed by atoms with Crippen LogP contribution in [-0.4, -0.2) is 21.1 Å². The topological polar surface area (TPSA) is 67.8 Å². The fourth-order valence-corrected chi connectivity index (χ4v) is 4.07. The molecule has 1 aliphatic rings. The van der Waals surface area contributed by atoms with E-state index in [0.717, 1.165) is 23.0 Å². The zero-order valence-electron chi connectivity index (χ0n) is 11.3. The van der Waals surface area contributed by atoms with E-state index in [1.165, 1.54) is 48.4 Å². The largest absolute Gasteiger partial charge is 0.296 e. The van der Waals surface area contributed by atoms with E-state index in [1.807, 2.05) is 6.92 Å².